The number of urea groups is 1. The fourth-order valence-corrected chi connectivity index (χ4v) is 3.34. The highest BCUT2D eigenvalue weighted by molar-refractivity contribution is 5.96. The van der Waals surface area contributed by atoms with Crippen LogP contribution in [0.15, 0.2) is 48.8 Å². The maximum Gasteiger partial charge on any atom is 0.321 e. The van der Waals surface area contributed by atoms with Crippen molar-refractivity contribution in [2.45, 2.75) is 13.0 Å². The minimum atomic E-state index is -0.459. The van der Waals surface area contributed by atoms with E-state index in [1.165, 1.54) is 0 Å². The van der Waals surface area contributed by atoms with E-state index in [0.29, 0.717) is 12.5 Å². The molecule has 1 saturated heterocycles. The second-order valence-corrected chi connectivity index (χ2v) is 6.39. The van der Waals surface area contributed by atoms with Gasteiger partial charge in [-0.25, -0.2) is 14.8 Å². The van der Waals surface area contributed by atoms with Gasteiger partial charge in [0.25, 0.3) is 5.91 Å². The largest absolute Gasteiger partial charge is 0.338 e. The van der Waals surface area contributed by atoms with Crippen LogP contribution in [-0.4, -0.2) is 54.6 Å². The fraction of sp³-hybridized carbons (Fsp3) is 0.368. The highest BCUT2D eigenvalue weighted by Gasteiger charge is 2.35. The fourth-order valence-electron chi connectivity index (χ4n) is 3.34. The van der Waals surface area contributed by atoms with E-state index < -0.39 is 12.1 Å². The van der Waals surface area contributed by atoms with Crippen LogP contribution in [0, 0.1) is 0 Å². The van der Waals surface area contributed by atoms with Crippen LogP contribution in [0.4, 0.5) is 10.7 Å². The van der Waals surface area contributed by atoms with E-state index in [9.17, 15) is 9.59 Å². The van der Waals surface area contributed by atoms with E-state index in [2.05, 4.69) is 25.5 Å². The number of aromatic nitrogens is 2. The number of benzene rings is 1. The lowest BCUT2D eigenvalue weighted by Crippen LogP contribution is -3.16. The molecular formula is C19H25N6O2+. The number of hydrogen-bond donors (Lipinski definition) is 3. The van der Waals surface area contributed by atoms with Gasteiger partial charge in [0, 0.05) is 24.5 Å². The number of quaternary nitrogens is 1. The Kier molecular flexibility index (Phi) is 6.32. The van der Waals surface area contributed by atoms with Crippen molar-refractivity contribution >= 4 is 17.9 Å². The summed E-state index contributed by atoms with van der Waals surface area (Å²) in [6, 6.07) is 10.5. The van der Waals surface area contributed by atoms with Gasteiger partial charge in [0.2, 0.25) is 5.95 Å². The smallest absolute Gasteiger partial charge is 0.321 e. The third-order valence-corrected chi connectivity index (χ3v) is 4.62. The van der Waals surface area contributed by atoms with E-state index in [4.69, 9.17) is 0 Å². The number of nitrogens with zero attached hydrogens (tertiary/aromatic N) is 3. The second-order valence-electron chi connectivity index (χ2n) is 6.39. The van der Waals surface area contributed by atoms with E-state index in [-0.39, 0.29) is 5.91 Å². The lowest BCUT2D eigenvalue weighted by molar-refractivity contribution is -0.922. The van der Waals surface area contributed by atoms with Gasteiger partial charge < -0.3 is 15.1 Å². The molecule has 142 valence electrons. The number of imide groups is 1. The summed E-state index contributed by atoms with van der Waals surface area (Å²) >= 11 is 0. The van der Waals surface area contributed by atoms with Gasteiger partial charge in [-0.1, -0.05) is 30.3 Å². The molecule has 3 N–H and O–H groups in total. The number of amides is 3. The molecule has 2 heterocycles. The molecule has 1 fully saturated rings. The van der Waals surface area contributed by atoms with Gasteiger partial charge in [0.05, 0.1) is 26.2 Å². The zero-order valence-corrected chi connectivity index (χ0v) is 15.4. The Bertz CT molecular complexity index is 747. The zero-order valence-electron chi connectivity index (χ0n) is 15.4. The summed E-state index contributed by atoms with van der Waals surface area (Å²) in [5.74, 6) is 0.422. The lowest BCUT2D eigenvalue weighted by atomic mass is 10.0. The summed E-state index contributed by atoms with van der Waals surface area (Å²) in [6.45, 7) is 5.28. The third kappa shape index (κ3) is 4.79. The molecule has 1 aliphatic rings. The Morgan fingerprint density at radius 3 is 2.41 bits per heavy atom. The summed E-state index contributed by atoms with van der Waals surface area (Å²) in [5.41, 5.74) is 0.902. The average molecular weight is 369 g/mol. The molecule has 2 aromatic rings. The molecule has 0 saturated carbocycles. The number of nitrogens with one attached hydrogen (secondary N) is 3. The molecule has 8 nitrogen and oxygen atoms in total. The highest BCUT2D eigenvalue weighted by Crippen LogP contribution is 2.11. The first-order valence-corrected chi connectivity index (χ1v) is 9.19. The van der Waals surface area contributed by atoms with Crippen LogP contribution in [0.3, 0.4) is 0 Å². The molecule has 27 heavy (non-hydrogen) atoms. The lowest BCUT2D eigenvalue weighted by Gasteiger charge is -2.35. The van der Waals surface area contributed by atoms with E-state index in [1.54, 1.807) is 18.5 Å². The quantitative estimate of drug-likeness (QED) is 0.677. The molecule has 3 amide bonds. The summed E-state index contributed by atoms with van der Waals surface area (Å²) in [4.78, 5) is 36.5. The normalized spacial score (nSPS) is 15.8. The van der Waals surface area contributed by atoms with Crippen molar-refractivity contribution in [1.29, 1.82) is 0 Å². The van der Waals surface area contributed by atoms with Crippen LogP contribution in [0.1, 0.15) is 18.5 Å². The first kappa shape index (κ1) is 18.8. The third-order valence-electron chi connectivity index (χ3n) is 4.62. The predicted octanol–water partition coefficient (Wildman–Crippen LogP) is -0.231. The monoisotopic (exact) mass is 369 g/mol. The Labute approximate surface area is 158 Å². The van der Waals surface area contributed by atoms with Gasteiger partial charge >= 0.3 is 6.03 Å². The topological polar surface area (TPSA) is 91.7 Å². The van der Waals surface area contributed by atoms with Crippen LogP contribution in [-0.2, 0) is 4.79 Å². The van der Waals surface area contributed by atoms with Crippen LogP contribution in [0.2, 0.25) is 0 Å². The molecule has 0 radical (unpaired) electrons. The number of rotatable bonds is 5. The number of hydrogen-bond acceptors (Lipinski definition) is 5. The minimum absolute atomic E-state index is 0.286. The predicted molar refractivity (Wildman–Crippen MR) is 101 cm³/mol. The molecule has 0 aliphatic carbocycles. The minimum Gasteiger partial charge on any atom is -0.338 e. The molecule has 1 aromatic carbocycles. The van der Waals surface area contributed by atoms with Crippen molar-refractivity contribution < 1.29 is 14.5 Å². The summed E-state index contributed by atoms with van der Waals surface area (Å²) < 4.78 is 0. The van der Waals surface area contributed by atoms with Crippen LogP contribution >= 0.6 is 0 Å². The Morgan fingerprint density at radius 2 is 1.78 bits per heavy atom. The zero-order chi connectivity index (χ0) is 19.1. The molecule has 1 atom stereocenters. The van der Waals surface area contributed by atoms with Gasteiger partial charge in [-0.15, -0.1) is 0 Å². The first-order chi connectivity index (χ1) is 13.2. The van der Waals surface area contributed by atoms with Crippen molar-refractivity contribution in [3.63, 3.8) is 0 Å². The van der Waals surface area contributed by atoms with E-state index >= 15 is 0 Å². The Hall–Kier alpha value is -3.00. The van der Waals surface area contributed by atoms with Gasteiger partial charge in [-0.2, -0.15) is 0 Å². The number of anilines is 1. The van der Waals surface area contributed by atoms with Crippen LogP contribution in [0.5, 0.6) is 0 Å². The molecule has 0 unspecified atom stereocenters. The molecular weight excluding hydrogens is 344 g/mol. The van der Waals surface area contributed by atoms with E-state index in [1.807, 2.05) is 37.3 Å². The standard InChI is InChI=1S/C19H24N6O2/c1-2-20-19(27)23-17(26)16(15-7-4-3-5-8-15)24-11-13-25(14-12-24)18-21-9-6-10-22-18/h3-10,16H,2,11-14H2,1H3,(H2,20,23,26,27)/p+1/t16-/m0/s1. The molecule has 1 aromatic heterocycles. The van der Waals surface area contributed by atoms with Crippen molar-refractivity contribution in [2.75, 3.05) is 37.6 Å². The highest BCUT2D eigenvalue weighted by atomic mass is 16.2. The van der Waals surface area contributed by atoms with Crippen molar-refractivity contribution in [2.24, 2.45) is 0 Å². The summed E-state index contributed by atoms with van der Waals surface area (Å²) in [5, 5.41) is 5.08. The molecule has 1 aliphatic heterocycles. The Balaban J connectivity index is 1.72. The average Bonchev–Trinajstić information content (AvgIpc) is 2.70. The van der Waals surface area contributed by atoms with Gasteiger partial charge in [-0.3, -0.25) is 10.1 Å². The number of piperazine rings is 1. The molecule has 0 spiro atoms. The number of carbonyl (C=O) groups is 2. The van der Waals surface area contributed by atoms with Gasteiger partial charge in [-0.05, 0) is 13.0 Å². The van der Waals surface area contributed by atoms with Gasteiger partial charge in [0.15, 0.2) is 6.04 Å². The van der Waals surface area contributed by atoms with Crippen LogP contribution in [0.25, 0.3) is 0 Å². The summed E-state index contributed by atoms with van der Waals surface area (Å²) in [7, 11) is 0. The first-order valence-electron chi connectivity index (χ1n) is 9.19. The van der Waals surface area contributed by atoms with Crippen molar-refractivity contribution in [3.8, 4) is 0 Å². The van der Waals surface area contributed by atoms with Gasteiger partial charge in [0.1, 0.15) is 0 Å². The molecule has 0 bridgehead atoms. The maximum absolute atomic E-state index is 12.8. The summed E-state index contributed by atoms with van der Waals surface area (Å²) in [6.07, 6.45) is 3.46. The van der Waals surface area contributed by atoms with Crippen molar-refractivity contribution in [3.05, 3.63) is 54.4 Å². The second kappa shape index (κ2) is 9.09. The molecule has 8 heteroatoms. The van der Waals surface area contributed by atoms with Crippen molar-refractivity contribution in [1.82, 2.24) is 20.6 Å². The SMILES string of the molecule is CCNC(=O)NC(=O)[C@H](c1ccccc1)[NH+]1CCN(c2ncccn2)CC1. The van der Waals surface area contributed by atoms with Crippen LogP contribution < -0.4 is 20.4 Å². The van der Waals surface area contributed by atoms with E-state index in [0.717, 1.165) is 36.6 Å². The maximum atomic E-state index is 12.8. The molecule has 3 rings (SSSR count). The number of carbonyl (C=O) groups excluding carboxylic acids is 2. The Morgan fingerprint density at radius 1 is 1.11 bits per heavy atom.